The van der Waals surface area contributed by atoms with Crippen molar-refractivity contribution in [3.63, 3.8) is 0 Å². The summed E-state index contributed by atoms with van der Waals surface area (Å²) in [5.41, 5.74) is 0. The van der Waals surface area contributed by atoms with Gasteiger partial charge in [-0.25, -0.2) is 0 Å². The van der Waals surface area contributed by atoms with Crippen LogP contribution in [0, 0.1) is 23.7 Å². The predicted molar refractivity (Wildman–Crippen MR) is 87.4 cm³/mol. The van der Waals surface area contributed by atoms with Crippen LogP contribution in [-0.2, 0) is 0 Å². The zero-order chi connectivity index (χ0) is 14.4. The summed E-state index contributed by atoms with van der Waals surface area (Å²) in [6.07, 6.45) is 5.79. The maximum Gasteiger partial charge on any atom is 0.0221 e. The summed E-state index contributed by atoms with van der Waals surface area (Å²) in [6.45, 7) is 12.8. The molecule has 120 valence electrons. The highest BCUT2D eigenvalue weighted by Gasteiger charge is 2.46. The second kappa shape index (κ2) is 5.82. The molecule has 3 aliphatic heterocycles. The quantitative estimate of drug-likeness (QED) is 0.858. The van der Waals surface area contributed by atoms with Crippen molar-refractivity contribution in [1.29, 1.82) is 0 Å². The van der Waals surface area contributed by atoms with Crippen molar-refractivity contribution >= 4 is 0 Å². The van der Waals surface area contributed by atoms with Crippen molar-refractivity contribution in [2.75, 3.05) is 39.3 Å². The van der Waals surface area contributed by atoms with Crippen LogP contribution >= 0.6 is 0 Å². The van der Waals surface area contributed by atoms with Gasteiger partial charge in [0.2, 0.25) is 0 Å². The lowest BCUT2D eigenvalue weighted by Gasteiger charge is -2.45. The molecule has 4 fully saturated rings. The van der Waals surface area contributed by atoms with Gasteiger partial charge in [-0.3, -0.25) is 9.80 Å². The molecular formula is C18H33N3. The molecule has 3 atom stereocenters. The first-order valence-corrected chi connectivity index (χ1v) is 9.39. The minimum absolute atomic E-state index is 0.845. The van der Waals surface area contributed by atoms with E-state index in [4.69, 9.17) is 0 Å². The number of rotatable bonds is 3. The van der Waals surface area contributed by atoms with Crippen LogP contribution in [0.3, 0.4) is 0 Å². The first-order valence-electron chi connectivity index (χ1n) is 9.39. The molecule has 3 heteroatoms. The second-order valence-electron chi connectivity index (χ2n) is 8.56. The first kappa shape index (κ1) is 14.5. The van der Waals surface area contributed by atoms with Crippen LogP contribution in [0.4, 0.5) is 0 Å². The van der Waals surface area contributed by atoms with E-state index in [2.05, 4.69) is 29.0 Å². The lowest BCUT2D eigenvalue weighted by molar-refractivity contribution is 0.0248. The Morgan fingerprint density at radius 3 is 2.14 bits per heavy atom. The second-order valence-corrected chi connectivity index (χ2v) is 8.56. The molecule has 0 bridgehead atoms. The SMILES string of the molecule is CC(C)C1CN(C2CC3CN(C4CCCNC4)CC3C2)C1. The molecule has 4 aliphatic rings. The molecule has 1 aliphatic carbocycles. The number of fused-ring (bicyclic) bond motifs is 1. The lowest BCUT2D eigenvalue weighted by Crippen LogP contribution is -2.53. The summed E-state index contributed by atoms with van der Waals surface area (Å²) in [4.78, 5) is 5.63. The molecule has 3 saturated heterocycles. The summed E-state index contributed by atoms with van der Waals surface area (Å²) >= 11 is 0. The molecule has 1 N–H and O–H groups in total. The minimum Gasteiger partial charge on any atom is -0.315 e. The highest BCUT2D eigenvalue weighted by atomic mass is 15.2. The van der Waals surface area contributed by atoms with Gasteiger partial charge in [0.05, 0.1) is 0 Å². The van der Waals surface area contributed by atoms with E-state index >= 15 is 0 Å². The molecule has 3 heterocycles. The number of hydrogen-bond donors (Lipinski definition) is 1. The normalized spacial score (nSPS) is 42.4. The van der Waals surface area contributed by atoms with Gasteiger partial charge in [-0.15, -0.1) is 0 Å². The molecule has 0 aromatic rings. The maximum absolute atomic E-state index is 3.59. The zero-order valence-electron chi connectivity index (χ0n) is 13.9. The van der Waals surface area contributed by atoms with Crippen LogP contribution in [0.15, 0.2) is 0 Å². The van der Waals surface area contributed by atoms with Crippen molar-refractivity contribution in [1.82, 2.24) is 15.1 Å². The van der Waals surface area contributed by atoms with E-state index in [0.717, 1.165) is 35.8 Å². The largest absolute Gasteiger partial charge is 0.315 e. The Balaban J connectivity index is 1.26. The summed E-state index contributed by atoms with van der Waals surface area (Å²) in [7, 11) is 0. The number of piperidine rings is 1. The van der Waals surface area contributed by atoms with Crippen LogP contribution in [0.1, 0.15) is 39.5 Å². The van der Waals surface area contributed by atoms with Gasteiger partial charge in [0.25, 0.3) is 0 Å². The van der Waals surface area contributed by atoms with Crippen molar-refractivity contribution < 1.29 is 0 Å². The maximum atomic E-state index is 3.59. The van der Waals surface area contributed by atoms with Crippen LogP contribution in [0.2, 0.25) is 0 Å². The molecular weight excluding hydrogens is 258 g/mol. The Morgan fingerprint density at radius 2 is 1.57 bits per heavy atom. The molecule has 0 spiro atoms. The average Bonchev–Trinajstić information content (AvgIpc) is 2.96. The molecule has 4 rings (SSSR count). The Bertz CT molecular complexity index is 343. The highest BCUT2D eigenvalue weighted by Crippen LogP contribution is 2.43. The molecule has 0 amide bonds. The van der Waals surface area contributed by atoms with E-state index in [9.17, 15) is 0 Å². The third-order valence-corrected chi connectivity index (χ3v) is 6.94. The van der Waals surface area contributed by atoms with Gasteiger partial charge in [0.1, 0.15) is 0 Å². The molecule has 0 aromatic carbocycles. The molecule has 3 unspecified atom stereocenters. The van der Waals surface area contributed by atoms with Crippen molar-refractivity contribution in [3.05, 3.63) is 0 Å². The fraction of sp³-hybridized carbons (Fsp3) is 1.00. The summed E-state index contributed by atoms with van der Waals surface area (Å²) < 4.78 is 0. The Hall–Kier alpha value is -0.120. The summed E-state index contributed by atoms with van der Waals surface area (Å²) in [6, 6.07) is 1.78. The third-order valence-electron chi connectivity index (χ3n) is 6.94. The van der Waals surface area contributed by atoms with E-state index in [1.165, 1.54) is 65.0 Å². The topological polar surface area (TPSA) is 18.5 Å². The molecule has 21 heavy (non-hydrogen) atoms. The van der Waals surface area contributed by atoms with Crippen LogP contribution in [0.5, 0.6) is 0 Å². The van der Waals surface area contributed by atoms with Gasteiger partial charge >= 0.3 is 0 Å². The lowest BCUT2D eigenvalue weighted by atomic mass is 9.87. The zero-order valence-corrected chi connectivity index (χ0v) is 13.9. The smallest absolute Gasteiger partial charge is 0.0221 e. The van der Waals surface area contributed by atoms with Crippen LogP contribution in [-0.4, -0.2) is 61.2 Å². The van der Waals surface area contributed by atoms with Crippen LogP contribution < -0.4 is 5.32 Å². The monoisotopic (exact) mass is 291 g/mol. The van der Waals surface area contributed by atoms with E-state index in [0.29, 0.717) is 0 Å². The minimum atomic E-state index is 0.845. The van der Waals surface area contributed by atoms with Gasteiger partial charge in [-0.05, 0) is 55.9 Å². The highest BCUT2D eigenvalue weighted by molar-refractivity contribution is 5.00. The molecule has 0 radical (unpaired) electrons. The number of nitrogens with zero attached hydrogens (tertiary/aromatic N) is 2. The fourth-order valence-electron chi connectivity index (χ4n) is 5.31. The van der Waals surface area contributed by atoms with E-state index in [1.54, 1.807) is 0 Å². The van der Waals surface area contributed by atoms with Crippen LogP contribution in [0.25, 0.3) is 0 Å². The fourth-order valence-corrected chi connectivity index (χ4v) is 5.31. The van der Waals surface area contributed by atoms with Gasteiger partial charge in [0, 0.05) is 44.8 Å². The predicted octanol–water partition coefficient (Wildman–Crippen LogP) is 2.04. The first-order chi connectivity index (χ1) is 10.2. The number of likely N-dealkylation sites (tertiary alicyclic amines) is 2. The van der Waals surface area contributed by atoms with Gasteiger partial charge in [-0.1, -0.05) is 13.8 Å². The van der Waals surface area contributed by atoms with Crippen molar-refractivity contribution in [3.8, 4) is 0 Å². The Labute approximate surface area is 130 Å². The molecule has 0 aromatic heterocycles. The average molecular weight is 291 g/mol. The third kappa shape index (κ3) is 2.77. The van der Waals surface area contributed by atoms with Gasteiger partial charge in [0.15, 0.2) is 0 Å². The Kier molecular flexibility index (Phi) is 4.01. The van der Waals surface area contributed by atoms with E-state index in [-0.39, 0.29) is 0 Å². The van der Waals surface area contributed by atoms with Gasteiger partial charge in [-0.2, -0.15) is 0 Å². The molecule has 1 saturated carbocycles. The summed E-state index contributed by atoms with van der Waals surface area (Å²) in [5.74, 6) is 3.89. The Morgan fingerprint density at radius 1 is 0.905 bits per heavy atom. The van der Waals surface area contributed by atoms with Gasteiger partial charge < -0.3 is 5.32 Å². The van der Waals surface area contributed by atoms with E-state index < -0.39 is 0 Å². The number of nitrogens with one attached hydrogen (secondary N) is 1. The van der Waals surface area contributed by atoms with Crippen molar-refractivity contribution in [2.45, 2.75) is 51.6 Å². The standard InChI is InChI=1S/C18H33N3/c1-13(2)16-11-21(12-16)18-6-14-9-20(10-15(14)7-18)17-4-3-5-19-8-17/h13-19H,3-12H2,1-2H3. The van der Waals surface area contributed by atoms with Crippen molar-refractivity contribution in [2.24, 2.45) is 23.7 Å². The summed E-state index contributed by atoms with van der Waals surface area (Å²) in [5, 5.41) is 3.59. The van der Waals surface area contributed by atoms with E-state index in [1.807, 2.05) is 0 Å². The molecule has 3 nitrogen and oxygen atoms in total. The number of hydrogen-bond acceptors (Lipinski definition) is 3.